The summed E-state index contributed by atoms with van der Waals surface area (Å²) in [5, 5.41) is 6.50. The summed E-state index contributed by atoms with van der Waals surface area (Å²) >= 11 is 1.51. The Labute approximate surface area is 161 Å². The van der Waals surface area contributed by atoms with E-state index in [1.165, 1.54) is 16.2 Å². The van der Waals surface area contributed by atoms with Crippen LogP contribution >= 0.6 is 11.3 Å². The van der Waals surface area contributed by atoms with Crippen molar-refractivity contribution in [1.82, 2.24) is 0 Å². The van der Waals surface area contributed by atoms with Crippen LogP contribution in [0.3, 0.4) is 0 Å². The van der Waals surface area contributed by atoms with Crippen LogP contribution in [0.25, 0.3) is 0 Å². The van der Waals surface area contributed by atoms with Crippen LogP contribution in [-0.4, -0.2) is 31.6 Å². The summed E-state index contributed by atoms with van der Waals surface area (Å²) < 4.78 is 10.7. The van der Waals surface area contributed by atoms with E-state index < -0.39 is 6.10 Å². The Morgan fingerprint density at radius 3 is 2.89 bits per heavy atom. The third-order valence-corrected chi connectivity index (χ3v) is 6.14. The third-order valence-electron chi connectivity index (χ3n) is 4.93. The van der Waals surface area contributed by atoms with Crippen molar-refractivity contribution in [2.24, 2.45) is 0 Å². The molecule has 1 fully saturated rings. The molecule has 142 valence electrons. The lowest BCUT2D eigenvalue weighted by atomic mass is 10.1. The van der Waals surface area contributed by atoms with Crippen LogP contribution in [-0.2, 0) is 22.4 Å². The van der Waals surface area contributed by atoms with Crippen molar-refractivity contribution in [2.75, 3.05) is 24.4 Å². The average molecular weight is 386 g/mol. The number of methoxy groups -OCH3 is 1. The lowest BCUT2D eigenvalue weighted by Crippen LogP contribution is -2.27. The minimum atomic E-state index is -0.420. The normalized spacial score (nSPS) is 18.2. The van der Waals surface area contributed by atoms with Crippen molar-refractivity contribution in [3.8, 4) is 5.75 Å². The molecule has 0 unspecified atom stereocenters. The Balaban J connectivity index is 1.58. The quantitative estimate of drug-likeness (QED) is 0.823. The highest BCUT2D eigenvalue weighted by Gasteiger charge is 2.30. The molecule has 0 radical (unpaired) electrons. The summed E-state index contributed by atoms with van der Waals surface area (Å²) in [5.74, 6) is 0.309. The van der Waals surface area contributed by atoms with E-state index in [1.54, 1.807) is 13.2 Å². The van der Waals surface area contributed by atoms with Gasteiger partial charge in [-0.15, -0.1) is 11.3 Å². The molecule has 2 N–H and O–H groups in total. The molecule has 1 aromatic carbocycles. The van der Waals surface area contributed by atoms with Gasteiger partial charge in [-0.2, -0.15) is 0 Å². The van der Waals surface area contributed by atoms with Gasteiger partial charge in [0.2, 0.25) is 0 Å². The zero-order chi connectivity index (χ0) is 18.8. The Morgan fingerprint density at radius 2 is 2.11 bits per heavy atom. The molecule has 2 aliphatic rings. The lowest BCUT2D eigenvalue weighted by Gasteiger charge is -2.12. The van der Waals surface area contributed by atoms with Crippen molar-refractivity contribution in [3.63, 3.8) is 0 Å². The Bertz CT molecular complexity index is 871. The van der Waals surface area contributed by atoms with E-state index in [1.807, 2.05) is 18.2 Å². The van der Waals surface area contributed by atoms with E-state index in [2.05, 4.69) is 10.6 Å². The zero-order valence-electron chi connectivity index (χ0n) is 15.2. The van der Waals surface area contributed by atoms with Gasteiger partial charge < -0.3 is 20.1 Å². The first-order valence-corrected chi connectivity index (χ1v) is 10.00. The predicted octanol–water partition coefficient (Wildman–Crippen LogP) is 3.62. The van der Waals surface area contributed by atoms with Gasteiger partial charge >= 0.3 is 0 Å². The molecule has 6 nitrogen and oxygen atoms in total. The smallest absolute Gasteiger partial charge is 0.258 e. The van der Waals surface area contributed by atoms with Crippen molar-refractivity contribution in [1.29, 1.82) is 0 Å². The fraction of sp³-hybridized carbons (Fsp3) is 0.400. The fourth-order valence-electron chi connectivity index (χ4n) is 3.60. The molecular formula is C20H22N2O4S. The molecule has 7 heteroatoms. The van der Waals surface area contributed by atoms with Crippen LogP contribution in [0.5, 0.6) is 5.75 Å². The van der Waals surface area contributed by atoms with Crippen molar-refractivity contribution in [2.45, 2.75) is 38.2 Å². The SMILES string of the molecule is COc1cccc(NC(=O)c2c(NC(=O)[C@H]3CCCO3)sc3c2CCC3)c1. The van der Waals surface area contributed by atoms with Crippen LogP contribution in [0.2, 0.25) is 0 Å². The van der Waals surface area contributed by atoms with Crippen molar-refractivity contribution < 1.29 is 19.1 Å². The number of rotatable bonds is 5. The molecule has 1 aliphatic carbocycles. The highest BCUT2D eigenvalue weighted by molar-refractivity contribution is 7.17. The highest BCUT2D eigenvalue weighted by Crippen LogP contribution is 2.39. The van der Waals surface area contributed by atoms with Crippen LogP contribution in [0.1, 0.15) is 40.1 Å². The molecule has 2 heterocycles. The minimum absolute atomic E-state index is 0.164. The first-order chi connectivity index (χ1) is 13.2. The number of ether oxygens (including phenoxy) is 2. The number of carbonyl (C=O) groups is 2. The number of benzene rings is 1. The standard InChI is InChI=1S/C20H22N2O4S/c1-25-13-6-2-5-12(11-13)21-19(24)17-14-7-3-9-16(14)27-20(17)22-18(23)15-8-4-10-26-15/h2,5-6,11,15H,3-4,7-10H2,1H3,(H,21,24)(H,22,23)/t15-/m1/s1. The molecule has 0 bridgehead atoms. The second-order valence-corrected chi connectivity index (χ2v) is 7.84. The molecule has 0 saturated carbocycles. The van der Waals surface area contributed by atoms with Gasteiger partial charge in [-0.05, 0) is 49.8 Å². The lowest BCUT2D eigenvalue weighted by molar-refractivity contribution is -0.124. The zero-order valence-corrected chi connectivity index (χ0v) is 16.0. The van der Waals surface area contributed by atoms with Gasteiger partial charge in [-0.3, -0.25) is 9.59 Å². The van der Waals surface area contributed by atoms with Gasteiger partial charge in [0.1, 0.15) is 16.9 Å². The third kappa shape index (κ3) is 3.70. The van der Waals surface area contributed by atoms with E-state index in [-0.39, 0.29) is 11.8 Å². The predicted molar refractivity (Wildman–Crippen MR) is 105 cm³/mol. The van der Waals surface area contributed by atoms with Crippen LogP contribution in [0, 0.1) is 0 Å². The molecule has 1 atom stereocenters. The molecule has 4 rings (SSSR count). The summed E-state index contributed by atoms with van der Waals surface area (Å²) in [5.41, 5.74) is 2.30. The van der Waals surface area contributed by atoms with Crippen molar-refractivity contribution >= 4 is 33.8 Å². The topological polar surface area (TPSA) is 76.7 Å². The summed E-state index contributed by atoms with van der Waals surface area (Å²) in [6.45, 7) is 0.613. The van der Waals surface area contributed by atoms with E-state index in [0.29, 0.717) is 28.6 Å². The van der Waals surface area contributed by atoms with E-state index >= 15 is 0 Å². The molecule has 2 amide bonds. The Hall–Kier alpha value is -2.38. The summed E-state index contributed by atoms with van der Waals surface area (Å²) in [7, 11) is 1.59. The van der Waals surface area contributed by atoms with Gasteiger partial charge in [0.05, 0.1) is 12.7 Å². The maximum atomic E-state index is 13.0. The van der Waals surface area contributed by atoms with Crippen LogP contribution in [0.15, 0.2) is 24.3 Å². The highest BCUT2D eigenvalue weighted by atomic mass is 32.1. The number of hydrogen-bond acceptors (Lipinski definition) is 5. The molecule has 2 aromatic rings. The minimum Gasteiger partial charge on any atom is -0.497 e. The van der Waals surface area contributed by atoms with Crippen molar-refractivity contribution in [3.05, 3.63) is 40.3 Å². The maximum absolute atomic E-state index is 13.0. The van der Waals surface area contributed by atoms with E-state index in [9.17, 15) is 9.59 Å². The Morgan fingerprint density at radius 1 is 1.22 bits per heavy atom. The van der Waals surface area contributed by atoms with Gasteiger partial charge in [-0.25, -0.2) is 0 Å². The summed E-state index contributed by atoms with van der Waals surface area (Å²) in [6.07, 6.45) is 4.05. The molecule has 1 aliphatic heterocycles. The number of carbonyl (C=O) groups excluding carboxylic acids is 2. The van der Waals surface area contributed by atoms with Crippen LogP contribution < -0.4 is 15.4 Å². The van der Waals surface area contributed by atoms with Gasteiger partial charge in [0.15, 0.2) is 0 Å². The second kappa shape index (κ2) is 7.70. The number of nitrogens with one attached hydrogen (secondary N) is 2. The van der Waals surface area contributed by atoms with E-state index in [4.69, 9.17) is 9.47 Å². The first kappa shape index (κ1) is 18.0. The molecule has 1 saturated heterocycles. The summed E-state index contributed by atoms with van der Waals surface area (Å²) in [4.78, 5) is 26.7. The van der Waals surface area contributed by atoms with Gasteiger partial charge in [0.25, 0.3) is 11.8 Å². The van der Waals surface area contributed by atoms with Gasteiger partial charge in [0, 0.05) is 23.2 Å². The second-order valence-electron chi connectivity index (χ2n) is 6.74. The number of hydrogen-bond donors (Lipinski definition) is 2. The Kier molecular flexibility index (Phi) is 5.13. The number of fused-ring (bicyclic) bond motifs is 1. The van der Waals surface area contributed by atoms with Gasteiger partial charge in [-0.1, -0.05) is 6.07 Å². The maximum Gasteiger partial charge on any atom is 0.258 e. The first-order valence-electron chi connectivity index (χ1n) is 9.18. The molecule has 27 heavy (non-hydrogen) atoms. The number of aryl methyl sites for hydroxylation is 1. The molecule has 1 aromatic heterocycles. The summed E-state index contributed by atoms with van der Waals surface area (Å²) in [6, 6.07) is 7.24. The largest absolute Gasteiger partial charge is 0.497 e. The number of amides is 2. The molecule has 0 spiro atoms. The average Bonchev–Trinajstić information content (AvgIpc) is 3.38. The monoisotopic (exact) mass is 386 g/mol. The number of thiophene rings is 1. The van der Waals surface area contributed by atoms with E-state index in [0.717, 1.165) is 37.7 Å². The molecular weight excluding hydrogens is 364 g/mol. The fourth-order valence-corrected chi connectivity index (χ4v) is 4.89. The number of anilines is 2. The van der Waals surface area contributed by atoms with Crippen LogP contribution in [0.4, 0.5) is 10.7 Å².